The van der Waals surface area contributed by atoms with Gasteiger partial charge in [-0.05, 0) is 48.7 Å². The Hall–Kier alpha value is -2.30. The lowest BCUT2D eigenvalue weighted by Gasteiger charge is -2.31. The number of halogens is 1. The molecule has 2 N–H and O–H groups in total. The zero-order valence-electron chi connectivity index (χ0n) is 14.1. The molecule has 1 aliphatic heterocycles. The second kappa shape index (κ2) is 7.72. The first-order valence-electron chi connectivity index (χ1n) is 8.32. The summed E-state index contributed by atoms with van der Waals surface area (Å²) < 4.78 is 0. The smallest absolute Gasteiger partial charge is 0.241 e. The predicted octanol–water partition coefficient (Wildman–Crippen LogP) is 4.16. The first-order chi connectivity index (χ1) is 12.0. The molecule has 1 atom stereocenters. The number of hydrogen-bond acceptors (Lipinski definition) is 3. The summed E-state index contributed by atoms with van der Waals surface area (Å²) in [6.07, 6.45) is 3.02. The lowest BCUT2D eigenvalue weighted by molar-refractivity contribution is -0.120. The number of rotatable bonds is 4. The van der Waals surface area contributed by atoms with Gasteiger partial charge < -0.3 is 10.4 Å². The summed E-state index contributed by atoms with van der Waals surface area (Å²) in [5.74, 6) is 0.209. The normalized spacial score (nSPS) is 16.2. The Bertz CT molecular complexity index is 787. The van der Waals surface area contributed by atoms with Crippen LogP contribution in [0.1, 0.15) is 18.9 Å². The molecule has 3 rings (SSSR count). The van der Waals surface area contributed by atoms with Crippen LogP contribution in [-0.4, -0.2) is 35.0 Å². The first kappa shape index (κ1) is 17.5. The maximum atomic E-state index is 12.5. The van der Waals surface area contributed by atoms with Crippen molar-refractivity contribution in [2.45, 2.75) is 19.4 Å². The lowest BCUT2D eigenvalue weighted by atomic mass is 9.98. The van der Waals surface area contributed by atoms with E-state index in [9.17, 15) is 9.90 Å². The number of nitrogens with zero attached hydrogens (tertiary/aromatic N) is 1. The Morgan fingerprint density at radius 1 is 1.20 bits per heavy atom. The molecule has 2 aromatic rings. The van der Waals surface area contributed by atoms with Crippen molar-refractivity contribution < 1.29 is 9.90 Å². The van der Waals surface area contributed by atoms with Crippen LogP contribution in [-0.2, 0) is 4.79 Å². The fourth-order valence-corrected chi connectivity index (χ4v) is 3.12. The van der Waals surface area contributed by atoms with Gasteiger partial charge in [-0.15, -0.1) is 0 Å². The van der Waals surface area contributed by atoms with Crippen LogP contribution >= 0.6 is 11.6 Å². The van der Waals surface area contributed by atoms with Gasteiger partial charge in [0, 0.05) is 13.1 Å². The highest BCUT2D eigenvalue weighted by atomic mass is 35.5. The Morgan fingerprint density at radius 3 is 2.56 bits per heavy atom. The molecule has 2 aromatic carbocycles. The van der Waals surface area contributed by atoms with Gasteiger partial charge in [-0.1, -0.05) is 41.9 Å². The van der Waals surface area contributed by atoms with Gasteiger partial charge in [0.05, 0.1) is 16.8 Å². The molecule has 0 radical (unpaired) electrons. The zero-order chi connectivity index (χ0) is 17.8. The van der Waals surface area contributed by atoms with E-state index >= 15 is 0 Å². The van der Waals surface area contributed by atoms with E-state index in [1.165, 1.54) is 5.57 Å². The van der Waals surface area contributed by atoms with E-state index in [4.69, 9.17) is 11.6 Å². The minimum Gasteiger partial charge on any atom is -0.508 e. The third-order valence-electron chi connectivity index (χ3n) is 4.54. The van der Waals surface area contributed by atoms with Crippen molar-refractivity contribution in [2.75, 3.05) is 18.4 Å². The number of phenols is 1. The molecule has 25 heavy (non-hydrogen) atoms. The molecule has 0 saturated heterocycles. The topological polar surface area (TPSA) is 52.6 Å². The molecule has 1 amide bonds. The number of carbonyl (C=O) groups excluding carboxylic acids is 1. The number of hydrogen-bond donors (Lipinski definition) is 2. The number of para-hydroxylation sites is 1. The Balaban J connectivity index is 1.62. The Morgan fingerprint density at radius 2 is 1.92 bits per heavy atom. The highest BCUT2D eigenvalue weighted by Crippen LogP contribution is 2.25. The molecular formula is C20H21ClN2O2. The van der Waals surface area contributed by atoms with Crippen molar-refractivity contribution in [1.29, 1.82) is 0 Å². The number of carbonyl (C=O) groups is 1. The van der Waals surface area contributed by atoms with E-state index < -0.39 is 0 Å². The highest BCUT2D eigenvalue weighted by Gasteiger charge is 2.23. The molecule has 0 aliphatic carbocycles. The van der Waals surface area contributed by atoms with Crippen LogP contribution in [0.4, 0.5) is 5.69 Å². The zero-order valence-corrected chi connectivity index (χ0v) is 14.8. The SMILES string of the molecule is CC(C(=O)Nc1ccccc1Cl)N1CC=C(c2ccc(O)cc2)CC1. The minimum atomic E-state index is -0.242. The number of anilines is 1. The summed E-state index contributed by atoms with van der Waals surface area (Å²) in [6, 6.07) is 14.2. The summed E-state index contributed by atoms with van der Waals surface area (Å²) in [7, 11) is 0. The molecule has 130 valence electrons. The molecule has 0 fully saturated rings. The van der Waals surface area contributed by atoms with Crippen LogP contribution in [0.5, 0.6) is 5.75 Å². The number of benzene rings is 2. The third-order valence-corrected chi connectivity index (χ3v) is 4.87. The molecule has 0 bridgehead atoms. The maximum absolute atomic E-state index is 12.5. The van der Waals surface area contributed by atoms with Crippen LogP contribution in [0.3, 0.4) is 0 Å². The summed E-state index contributed by atoms with van der Waals surface area (Å²) >= 11 is 6.10. The van der Waals surface area contributed by atoms with Gasteiger partial charge in [-0.3, -0.25) is 9.69 Å². The minimum absolute atomic E-state index is 0.0606. The molecule has 4 nitrogen and oxygen atoms in total. The van der Waals surface area contributed by atoms with Crippen molar-refractivity contribution in [1.82, 2.24) is 4.90 Å². The van der Waals surface area contributed by atoms with Gasteiger partial charge in [0.15, 0.2) is 0 Å². The lowest BCUT2D eigenvalue weighted by Crippen LogP contribution is -2.44. The van der Waals surface area contributed by atoms with Gasteiger partial charge >= 0.3 is 0 Å². The van der Waals surface area contributed by atoms with Gasteiger partial charge in [-0.2, -0.15) is 0 Å². The van der Waals surface area contributed by atoms with Crippen LogP contribution in [0.25, 0.3) is 5.57 Å². The van der Waals surface area contributed by atoms with Crippen molar-refractivity contribution in [3.63, 3.8) is 0 Å². The number of nitrogens with one attached hydrogen (secondary N) is 1. The van der Waals surface area contributed by atoms with Crippen molar-refractivity contribution in [3.8, 4) is 5.75 Å². The van der Waals surface area contributed by atoms with E-state index in [-0.39, 0.29) is 17.7 Å². The largest absolute Gasteiger partial charge is 0.508 e. The molecule has 1 heterocycles. The van der Waals surface area contributed by atoms with Crippen LogP contribution in [0.15, 0.2) is 54.6 Å². The average Bonchev–Trinajstić information content (AvgIpc) is 2.64. The summed E-state index contributed by atoms with van der Waals surface area (Å²) in [5, 5.41) is 12.8. The van der Waals surface area contributed by atoms with Gasteiger partial charge in [0.25, 0.3) is 0 Å². The number of amides is 1. The molecule has 0 aromatic heterocycles. The second-order valence-corrected chi connectivity index (χ2v) is 6.57. The van der Waals surface area contributed by atoms with Crippen molar-refractivity contribution in [2.24, 2.45) is 0 Å². The van der Waals surface area contributed by atoms with Crippen molar-refractivity contribution in [3.05, 3.63) is 65.2 Å². The third kappa shape index (κ3) is 4.21. The van der Waals surface area contributed by atoms with E-state index in [1.807, 2.05) is 31.2 Å². The molecule has 1 unspecified atom stereocenters. The molecular weight excluding hydrogens is 336 g/mol. The van der Waals surface area contributed by atoms with E-state index in [2.05, 4.69) is 16.3 Å². The number of phenolic OH excluding ortho intramolecular Hbond substituents is 1. The maximum Gasteiger partial charge on any atom is 0.241 e. The molecule has 1 aliphatic rings. The fraction of sp³-hybridized carbons (Fsp3) is 0.250. The Kier molecular flexibility index (Phi) is 5.41. The van der Waals surface area contributed by atoms with Gasteiger partial charge in [0.2, 0.25) is 5.91 Å². The fourth-order valence-electron chi connectivity index (χ4n) is 2.94. The van der Waals surface area contributed by atoms with Crippen LogP contribution in [0.2, 0.25) is 5.02 Å². The summed E-state index contributed by atoms with van der Waals surface area (Å²) in [4.78, 5) is 14.6. The summed E-state index contributed by atoms with van der Waals surface area (Å²) in [6.45, 7) is 3.43. The standard InChI is InChI=1S/C20H21ClN2O2/c1-14(20(25)22-19-5-3-2-4-18(19)21)23-12-10-16(11-13-23)15-6-8-17(24)9-7-15/h2-10,14,24H,11-13H2,1H3,(H,22,25). The Labute approximate surface area is 152 Å². The van der Waals surface area contributed by atoms with Crippen molar-refractivity contribution >= 4 is 28.8 Å². The summed E-state index contributed by atoms with van der Waals surface area (Å²) in [5.41, 5.74) is 3.00. The predicted molar refractivity (Wildman–Crippen MR) is 102 cm³/mol. The quantitative estimate of drug-likeness (QED) is 0.864. The van der Waals surface area contributed by atoms with Gasteiger partial charge in [-0.25, -0.2) is 0 Å². The van der Waals surface area contributed by atoms with Gasteiger partial charge in [0.1, 0.15) is 5.75 Å². The highest BCUT2D eigenvalue weighted by molar-refractivity contribution is 6.33. The van der Waals surface area contributed by atoms with Crippen LogP contribution < -0.4 is 5.32 Å². The van der Waals surface area contributed by atoms with Crippen LogP contribution in [0, 0.1) is 0 Å². The average molecular weight is 357 g/mol. The molecule has 5 heteroatoms. The van der Waals surface area contributed by atoms with E-state index in [0.717, 1.165) is 18.5 Å². The monoisotopic (exact) mass is 356 g/mol. The van der Waals surface area contributed by atoms with E-state index in [0.29, 0.717) is 17.3 Å². The van der Waals surface area contributed by atoms with E-state index in [1.54, 1.807) is 24.3 Å². The second-order valence-electron chi connectivity index (χ2n) is 6.17. The molecule has 0 spiro atoms. The first-order valence-corrected chi connectivity index (χ1v) is 8.70. The molecule has 0 saturated carbocycles. The number of aromatic hydroxyl groups is 1.